The van der Waals surface area contributed by atoms with E-state index in [9.17, 15) is 0 Å². The van der Waals surface area contributed by atoms with Crippen LogP contribution < -0.4 is 10.6 Å². The summed E-state index contributed by atoms with van der Waals surface area (Å²) >= 11 is 0. The SMILES string of the molecule is CCCCCCCN(CNC)CNC. The van der Waals surface area contributed by atoms with Crippen LogP contribution in [-0.4, -0.2) is 38.9 Å². The van der Waals surface area contributed by atoms with E-state index in [1.54, 1.807) is 0 Å². The third kappa shape index (κ3) is 8.48. The molecule has 0 aliphatic rings. The van der Waals surface area contributed by atoms with Gasteiger partial charge in [-0.1, -0.05) is 32.6 Å². The molecule has 0 fully saturated rings. The van der Waals surface area contributed by atoms with Crippen molar-refractivity contribution in [1.29, 1.82) is 0 Å². The van der Waals surface area contributed by atoms with Gasteiger partial charge in [0.25, 0.3) is 0 Å². The Morgan fingerprint density at radius 2 is 1.43 bits per heavy atom. The average Bonchev–Trinajstić information content (AvgIpc) is 2.18. The Labute approximate surface area is 89.2 Å². The van der Waals surface area contributed by atoms with Crippen molar-refractivity contribution in [1.82, 2.24) is 15.5 Å². The molecule has 0 saturated heterocycles. The lowest BCUT2D eigenvalue weighted by molar-refractivity contribution is 0.242. The van der Waals surface area contributed by atoms with Crippen molar-refractivity contribution in [3.05, 3.63) is 0 Å². The van der Waals surface area contributed by atoms with Crippen LogP contribution in [0.15, 0.2) is 0 Å². The van der Waals surface area contributed by atoms with Crippen LogP contribution in [0.2, 0.25) is 0 Å². The minimum Gasteiger partial charge on any atom is -0.307 e. The Hall–Kier alpha value is -0.120. The molecule has 86 valence electrons. The van der Waals surface area contributed by atoms with Gasteiger partial charge in [-0.15, -0.1) is 0 Å². The number of nitrogens with zero attached hydrogens (tertiary/aromatic N) is 1. The number of rotatable bonds is 10. The molecule has 0 aliphatic heterocycles. The summed E-state index contributed by atoms with van der Waals surface area (Å²) in [6, 6.07) is 0. The van der Waals surface area contributed by atoms with Crippen molar-refractivity contribution in [2.45, 2.75) is 39.0 Å². The summed E-state index contributed by atoms with van der Waals surface area (Å²) in [4.78, 5) is 2.39. The second-order valence-corrected chi connectivity index (χ2v) is 3.83. The molecule has 0 aromatic carbocycles. The third-order valence-electron chi connectivity index (χ3n) is 2.34. The molecule has 0 spiro atoms. The first-order chi connectivity index (χ1) is 6.85. The maximum Gasteiger partial charge on any atom is 0.0490 e. The second kappa shape index (κ2) is 11.0. The van der Waals surface area contributed by atoms with Crippen LogP contribution in [0.25, 0.3) is 0 Å². The molecule has 3 nitrogen and oxygen atoms in total. The summed E-state index contributed by atoms with van der Waals surface area (Å²) in [6.07, 6.45) is 6.80. The maximum absolute atomic E-state index is 3.19. The summed E-state index contributed by atoms with van der Waals surface area (Å²) in [5.41, 5.74) is 0. The van der Waals surface area contributed by atoms with Crippen LogP contribution in [0.3, 0.4) is 0 Å². The molecule has 0 saturated carbocycles. The maximum atomic E-state index is 3.19. The number of nitrogens with one attached hydrogen (secondary N) is 2. The Bertz CT molecular complexity index is 101. The second-order valence-electron chi connectivity index (χ2n) is 3.83. The molecular weight excluding hydrogens is 174 g/mol. The van der Waals surface area contributed by atoms with E-state index in [0.717, 1.165) is 13.3 Å². The van der Waals surface area contributed by atoms with Crippen molar-refractivity contribution in [2.24, 2.45) is 0 Å². The smallest absolute Gasteiger partial charge is 0.0490 e. The van der Waals surface area contributed by atoms with E-state index in [1.165, 1.54) is 38.6 Å². The van der Waals surface area contributed by atoms with Gasteiger partial charge >= 0.3 is 0 Å². The van der Waals surface area contributed by atoms with Crippen LogP contribution >= 0.6 is 0 Å². The molecule has 3 heteroatoms. The predicted octanol–water partition coefficient (Wildman–Crippen LogP) is 1.61. The lowest BCUT2D eigenvalue weighted by atomic mass is 10.1. The van der Waals surface area contributed by atoms with E-state index in [0.29, 0.717) is 0 Å². The van der Waals surface area contributed by atoms with Crippen LogP contribution in [0.5, 0.6) is 0 Å². The summed E-state index contributed by atoms with van der Waals surface area (Å²) < 4.78 is 0. The van der Waals surface area contributed by atoms with Gasteiger partial charge in [0.2, 0.25) is 0 Å². The van der Waals surface area contributed by atoms with Crippen molar-refractivity contribution in [3.63, 3.8) is 0 Å². The van der Waals surface area contributed by atoms with E-state index in [2.05, 4.69) is 22.5 Å². The quantitative estimate of drug-likeness (QED) is 0.415. The van der Waals surface area contributed by atoms with Gasteiger partial charge in [0, 0.05) is 19.9 Å². The van der Waals surface area contributed by atoms with E-state index in [1.807, 2.05) is 14.1 Å². The normalized spacial score (nSPS) is 11.1. The molecule has 0 heterocycles. The van der Waals surface area contributed by atoms with Gasteiger partial charge in [-0.3, -0.25) is 4.90 Å². The zero-order valence-electron chi connectivity index (χ0n) is 10.1. The minimum atomic E-state index is 0.981. The van der Waals surface area contributed by atoms with Crippen molar-refractivity contribution in [2.75, 3.05) is 34.0 Å². The highest BCUT2D eigenvalue weighted by Crippen LogP contribution is 2.02. The highest BCUT2D eigenvalue weighted by Gasteiger charge is 2.00. The summed E-state index contributed by atoms with van der Waals surface area (Å²) in [7, 11) is 4.00. The molecule has 0 amide bonds. The molecular formula is C11H27N3. The van der Waals surface area contributed by atoms with Gasteiger partial charge in [0.15, 0.2) is 0 Å². The highest BCUT2D eigenvalue weighted by molar-refractivity contribution is 4.54. The number of hydrogen-bond acceptors (Lipinski definition) is 3. The first-order valence-electron chi connectivity index (χ1n) is 5.86. The monoisotopic (exact) mass is 201 g/mol. The third-order valence-corrected chi connectivity index (χ3v) is 2.34. The van der Waals surface area contributed by atoms with Gasteiger partial charge in [0.1, 0.15) is 0 Å². The van der Waals surface area contributed by atoms with Crippen molar-refractivity contribution >= 4 is 0 Å². The van der Waals surface area contributed by atoms with E-state index in [-0.39, 0.29) is 0 Å². The summed E-state index contributed by atoms with van der Waals surface area (Å²) in [6.45, 7) is 5.42. The minimum absolute atomic E-state index is 0.981. The Balaban J connectivity index is 3.30. The van der Waals surface area contributed by atoms with E-state index < -0.39 is 0 Å². The highest BCUT2D eigenvalue weighted by atomic mass is 15.3. The van der Waals surface area contributed by atoms with E-state index >= 15 is 0 Å². The topological polar surface area (TPSA) is 27.3 Å². The molecule has 0 unspecified atom stereocenters. The van der Waals surface area contributed by atoms with Gasteiger partial charge < -0.3 is 10.6 Å². The van der Waals surface area contributed by atoms with Crippen LogP contribution in [0, 0.1) is 0 Å². The molecule has 0 rings (SSSR count). The molecule has 0 bridgehead atoms. The summed E-state index contributed by atoms with van der Waals surface area (Å²) in [5, 5.41) is 6.38. The Morgan fingerprint density at radius 3 is 1.93 bits per heavy atom. The molecule has 0 radical (unpaired) electrons. The Morgan fingerprint density at radius 1 is 0.857 bits per heavy atom. The fraction of sp³-hybridized carbons (Fsp3) is 1.00. The lowest BCUT2D eigenvalue weighted by Gasteiger charge is -2.21. The van der Waals surface area contributed by atoms with Gasteiger partial charge in [-0.05, 0) is 20.5 Å². The fourth-order valence-corrected chi connectivity index (χ4v) is 1.60. The number of hydrogen-bond donors (Lipinski definition) is 2. The van der Waals surface area contributed by atoms with Crippen LogP contribution in [0.4, 0.5) is 0 Å². The van der Waals surface area contributed by atoms with Crippen LogP contribution in [0.1, 0.15) is 39.0 Å². The average molecular weight is 201 g/mol. The molecule has 0 aromatic rings. The van der Waals surface area contributed by atoms with Gasteiger partial charge in [-0.25, -0.2) is 0 Å². The van der Waals surface area contributed by atoms with Gasteiger partial charge in [0.05, 0.1) is 0 Å². The predicted molar refractivity (Wildman–Crippen MR) is 63.3 cm³/mol. The van der Waals surface area contributed by atoms with Crippen molar-refractivity contribution < 1.29 is 0 Å². The van der Waals surface area contributed by atoms with Crippen LogP contribution in [-0.2, 0) is 0 Å². The first kappa shape index (κ1) is 13.9. The zero-order valence-corrected chi connectivity index (χ0v) is 10.1. The first-order valence-corrected chi connectivity index (χ1v) is 5.86. The summed E-state index contributed by atoms with van der Waals surface area (Å²) in [5.74, 6) is 0. The molecule has 0 aliphatic carbocycles. The van der Waals surface area contributed by atoms with Crippen molar-refractivity contribution in [3.8, 4) is 0 Å². The standard InChI is InChI=1S/C11H27N3/c1-4-5-6-7-8-9-14(10-12-2)11-13-3/h12-13H,4-11H2,1-3H3. The number of unbranched alkanes of at least 4 members (excludes halogenated alkanes) is 4. The zero-order chi connectivity index (χ0) is 10.6. The lowest BCUT2D eigenvalue weighted by Crippen LogP contribution is -2.38. The Kier molecular flexibility index (Phi) is 10.9. The van der Waals surface area contributed by atoms with Gasteiger partial charge in [-0.2, -0.15) is 0 Å². The molecule has 14 heavy (non-hydrogen) atoms. The molecule has 0 atom stereocenters. The molecule has 2 N–H and O–H groups in total. The molecule has 0 aromatic heterocycles. The van der Waals surface area contributed by atoms with E-state index in [4.69, 9.17) is 0 Å². The largest absolute Gasteiger partial charge is 0.307 e. The fourth-order valence-electron chi connectivity index (χ4n) is 1.60.